The highest BCUT2D eigenvalue weighted by atomic mass is 79.9. The van der Waals surface area contributed by atoms with Gasteiger partial charge in [-0.3, -0.25) is 4.79 Å². The molecule has 0 amide bonds. The van der Waals surface area contributed by atoms with Gasteiger partial charge in [0.25, 0.3) is 5.56 Å². The van der Waals surface area contributed by atoms with Crippen LogP contribution in [0, 0.1) is 6.57 Å². The molecule has 162 valence electrons. The molecule has 1 aromatic carbocycles. The van der Waals surface area contributed by atoms with Gasteiger partial charge in [0.05, 0.1) is 17.1 Å². The fourth-order valence-corrected chi connectivity index (χ4v) is 3.66. The summed E-state index contributed by atoms with van der Waals surface area (Å²) in [5.41, 5.74) is -0.00369. The Bertz CT molecular complexity index is 1150. The highest BCUT2D eigenvalue weighted by Crippen LogP contribution is 2.45. The van der Waals surface area contributed by atoms with Gasteiger partial charge in [-0.25, -0.2) is 11.4 Å². The van der Waals surface area contributed by atoms with Crippen molar-refractivity contribution in [1.29, 1.82) is 0 Å². The van der Waals surface area contributed by atoms with Gasteiger partial charge in [-0.05, 0) is 25.1 Å². The molecule has 0 aliphatic carbocycles. The smallest absolute Gasteiger partial charge is 0.454 e. The topological polar surface area (TPSA) is 84.8 Å². The second-order valence-electron chi connectivity index (χ2n) is 6.48. The fourth-order valence-electron chi connectivity index (χ4n) is 3.32. The molecule has 1 aliphatic rings. The number of aromatic amines is 1. The molecule has 0 fully saturated rings. The Morgan fingerprint density at radius 2 is 2.06 bits per heavy atom. The summed E-state index contributed by atoms with van der Waals surface area (Å²) in [5, 5.41) is 2.93. The summed E-state index contributed by atoms with van der Waals surface area (Å²) in [6.45, 7) is 8.07. The van der Waals surface area contributed by atoms with Crippen LogP contribution in [0.1, 0.15) is 24.0 Å². The summed E-state index contributed by atoms with van der Waals surface area (Å²) < 4.78 is 48.9. The number of halogens is 4. The molecule has 2 heterocycles. The number of rotatable bonds is 5. The first-order valence-electron chi connectivity index (χ1n) is 8.87. The van der Waals surface area contributed by atoms with Gasteiger partial charge in [-0.2, -0.15) is 0 Å². The number of fused-ring (bicyclic) bond motifs is 1. The lowest BCUT2D eigenvalue weighted by Crippen LogP contribution is -2.30. The molecule has 0 radical (unpaired) electrons. The molecular weight excluding hydrogens is 483 g/mol. The second-order valence-corrected chi connectivity index (χ2v) is 7.39. The molecule has 0 saturated heterocycles. The molecule has 3 rings (SSSR count). The minimum Gasteiger partial charge on any atom is -0.454 e. The number of alkyl halides is 3. The number of esters is 1. The summed E-state index contributed by atoms with van der Waals surface area (Å²) in [5.74, 6) is -2.62. The maximum Gasteiger partial charge on any atom is 0.573 e. The van der Waals surface area contributed by atoms with Crippen LogP contribution in [0.4, 0.5) is 18.9 Å². The number of benzene rings is 1. The second kappa shape index (κ2) is 8.85. The number of hydrogen-bond donors (Lipinski definition) is 2. The monoisotopic (exact) mass is 497 g/mol. The zero-order valence-electron chi connectivity index (χ0n) is 16.0. The Labute approximate surface area is 182 Å². The van der Waals surface area contributed by atoms with Gasteiger partial charge >= 0.3 is 12.3 Å². The molecule has 1 aromatic heterocycles. The van der Waals surface area contributed by atoms with Crippen LogP contribution in [-0.2, 0) is 9.53 Å². The highest BCUT2D eigenvalue weighted by Gasteiger charge is 2.39. The van der Waals surface area contributed by atoms with Gasteiger partial charge in [-0.1, -0.05) is 22.0 Å². The highest BCUT2D eigenvalue weighted by molar-refractivity contribution is 9.10. The number of H-pyrrole nitrogens is 1. The summed E-state index contributed by atoms with van der Waals surface area (Å²) >= 11 is 3.11. The first kappa shape index (κ1) is 22.4. The van der Waals surface area contributed by atoms with E-state index in [1.807, 2.05) is 0 Å². The molecular formula is C20H15BrF3N3O4. The Morgan fingerprint density at radius 3 is 2.74 bits per heavy atom. The molecule has 11 heteroatoms. The van der Waals surface area contributed by atoms with E-state index in [9.17, 15) is 22.8 Å². The molecule has 7 nitrogen and oxygen atoms in total. The minimum absolute atomic E-state index is 0.0413. The lowest BCUT2D eigenvalue weighted by Gasteiger charge is -2.30. The van der Waals surface area contributed by atoms with Crippen molar-refractivity contribution in [2.24, 2.45) is 0 Å². The van der Waals surface area contributed by atoms with Crippen LogP contribution in [-0.4, -0.2) is 30.5 Å². The van der Waals surface area contributed by atoms with E-state index >= 15 is 0 Å². The Balaban J connectivity index is 2.23. The van der Waals surface area contributed by atoms with Gasteiger partial charge < -0.3 is 24.6 Å². The molecule has 0 spiro atoms. The van der Waals surface area contributed by atoms with E-state index in [2.05, 4.69) is 35.8 Å². The van der Waals surface area contributed by atoms with Crippen LogP contribution in [0.3, 0.4) is 0 Å². The number of ether oxygens (including phenoxy) is 2. The minimum atomic E-state index is -5.00. The zero-order chi connectivity index (χ0) is 22.8. The molecule has 1 aliphatic heterocycles. The predicted octanol–water partition coefficient (Wildman–Crippen LogP) is 4.33. The van der Waals surface area contributed by atoms with Gasteiger partial charge in [-0.15, -0.1) is 13.2 Å². The van der Waals surface area contributed by atoms with Gasteiger partial charge in [0.1, 0.15) is 5.75 Å². The molecule has 1 unspecified atom stereocenters. The van der Waals surface area contributed by atoms with Crippen molar-refractivity contribution < 1.29 is 27.4 Å². The van der Waals surface area contributed by atoms with Crippen LogP contribution in [0.5, 0.6) is 5.75 Å². The Kier molecular flexibility index (Phi) is 6.40. The van der Waals surface area contributed by atoms with Crippen molar-refractivity contribution in [3.63, 3.8) is 0 Å². The lowest BCUT2D eigenvalue weighted by molar-refractivity contribution is -0.274. The molecule has 2 aromatic rings. The molecule has 0 saturated carbocycles. The van der Waals surface area contributed by atoms with Crippen molar-refractivity contribution >= 4 is 27.6 Å². The first-order valence-corrected chi connectivity index (χ1v) is 9.66. The first-order chi connectivity index (χ1) is 14.6. The number of pyridine rings is 1. The van der Waals surface area contributed by atoms with Crippen molar-refractivity contribution in [3.8, 4) is 5.75 Å². The van der Waals surface area contributed by atoms with E-state index in [4.69, 9.17) is 11.3 Å². The summed E-state index contributed by atoms with van der Waals surface area (Å²) in [7, 11) is 0. The van der Waals surface area contributed by atoms with E-state index in [0.717, 1.165) is 6.07 Å². The van der Waals surface area contributed by atoms with Crippen LogP contribution < -0.4 is 15.6 Å². The predicted molar refractivity (Wildman–Crippen MR) is 108 cm³/mol. The number of anilines is 1. The molecule has 2 N–H and O–H groups in total. The van der Waals surface area contributed by atoms with E-state index in [1.54, 1.807) is 6.92 Å². The quantitative estimate of drug-likeness (QED) is 0.365. The van der Waals surface area contributed by atoms with Crippen molar-refractivity contribution in [2.45, 2.75) is 19.2 Å². The van der Waals surface area contributed by atoms with E-state index in [0.29, 0.717) is 15.9 Å². The Morgan fingerprint density at radius 1 is 1.32 bits per heavy atom. The van der Waals surface area contributed by atoms with Gasteiger partial charge in [0.2, 0.25) is 6.54 Å². The molecule has 0 bridgehead atoms. The zero-order valence-corrected chi connectivity index (χ0v) is 17.6. The lowest BCUT2D eigenvalue weighted by atomic mass is 9.81. The van der Waals surface area contributed by atoms with Crippen LogP contribution in [0.2, 0.25) is 0 Å². The van der Waals surface area contributed by atoms with E-state index in [1.165, 1.54) is 24.4 Å². The maximum atomic E-state index is 13.1. The van der Waals surface area contributed by atoms with Gasteiger partial charge in [0.15, 0.2) is 6.61 Å². The van der Waals surface area contributed by atoms with Crippen LogP contribution >= 0.6 is 15.9 Å². The number of aromatic nitrogens is 1. The third-order valence-corrected chi connectivity index (χ3v) is 4.96. The SMILES string of the molecule is [C-]#[N+]CCOC(=O)C1=C(C)Nc2cc[nH]c(=O)c2C1c1ccc(Br)cc1OC(F)(F)F. The number of allylic oxidation sites excluding steroid dienone is 1. The summed E-state index contributed by atoms with van der Waals surface area (Å²) in [6.07, 6.45) is -3.62. The third kappa shape index (κ3) is 4.91. The standard InChI is InChI=1S/C20H15BrF3N3O4/c1-10-15(19(29)30-8-7-25-2)16(17-13(27-10)5-6-26-18(17)28)12-4-3-11(21)9-14(12)31-20(22,23)24/h3-6,9,16,27H,7-8H2,1H3,(H,26,28). The van der Waals surface area contributed by atoms with Crippen molar-refractivity contribution in [3.05, 3.63) is 79.1 Å². The van der Waals surface area contributed by atoms with Crippen molar-refractivity contribution in [1.82, 2.24) is 4.98 Å². The van der Waals surface area contributed by atoms with Gasteiger partial charge in [0, 0.05) is 27.6 Å². The summed E-state index contributed by atoms with van der Waals surface area (Å²) in [6, 6.07) is 5.47. The number of nitrogens with zero attached hydrogens (tertiary/aromatic N) is 1. The summed E-state index contributed by atoms with van der Waals surface area (Å²) in [4.78, 5) is 31.1. The van der Waals surface area contributed by atoms with Crippen LogP contribution in [0.25, 0.3) is 4.85 Å². The number of carbonyl (C=O) groups is 1. The van der Waals surface area contributed by atoms with Crippen molar-refractivity contribution in [2.75, 3.05) is 18.5 Å². The average molecular weight is 498 g/mol. The van der Waals surface area contributed by atoms with E-state index < -0.39 is 29.6 Å². The largest absolute Gasteiger partial charge is 0.573 e. The molecule has 31 heavy (non-hydrogen) atoms. The number of hydrogen-bond acceptors (Lipinski definition) is 5. The number of nitrogens with one attached hydrogen (secondary N) is 2. The van der Waals surface area contributed by atoms with E-state index in [-0.39, 0.29) is 29.9 Å². The third-order valence-electron chi connectivity index (χ3n) is 4.47. The fraction of sp³-hybridized carbons (Fsp3) is 0.250. The normalized spacial score (nSPS) is 15.5. The maximum absolute atomic E-state index is 13.1. The molecule has 1 atom stereocenters. The van der Waals surface area contributed by atoms with Crippen LogP contribution in [0.15, 0.2) is 51.0 Å². The Hall–Kier alpha value is -3.26. The average Bonchev–Trinajstić information content (AvgIpc) is 2.66. The number of carbonyl (C=O) groups excluding carboxylic acids is 1.